The van der Waals surface area contributed by atoms with E-state index >= 15 is 0 Å². The molecule has 0 fully saturated rings. The van der Waals surface area contributed by atoms with E-state index in [-0.39, 0.29) is 27.9 Å². The smallest absolute Gasteiger partial charge is 0.263 e. The van der Waals surface area contributed by atoms with Gasteiger partial charge >= 0.3 is 0 Å². The highest BCUT2D eigenvalue weighted by Crippen LogP contribution is 2.20. The van der Waals surface area contributed by atoms with E-state index in [0.717, 1.165) is 11.3 Å². The van der Waals surface area contributed by atoms with Gasteiger partial charge in [0.15, 0.2) is 5.13 Å². The fourth-order valence-electron chi connectivity index (χ4n) is 2.53. The lowest BCUT2D eigenvalue weighted by molar-refractivity contribution is -0.116. The minimum atomic E-state index is -3.79. The van der Waals surface area contributed by atoms with Crippen LogP contribution >= 0.6 is 11.3 Å². The van der Waals surface area contributed by atoms with Gasteiger partial charge in [0, 0.05) is 30.2 Å². The molecule has 1 heterocycles. The molecule has 0 saturated heterocycles. The third-order valence-electron chi connectivity index (χ3n) is 4.12. The molecule has 0 saturated carbocycles. The molecule has 3 aromatic rings. The van der Waals surface area contributed by atoms with Gasteiger partial charge in [-0.1, -0.05) is 0 Å². The lowest BCUT2D eigenvalue weighted by Gasteiger charge is -2.09. The molecule has 32 heavy (non-hydrogen) atoms. The summed E-state index contributed by atoms with van der Waals surface area (Å²) in [5.41, 5.74) is 0.376. The number of ether oxygens (including phenoxy) is 1. The summed E-state index contributed by atoms with van der Waals surface area (Å²) in [6, 6.07) is 11.4. The number of methoxy groups -OCH3 is 1. The minimum Gasteiger partial charge on any atom is -0.497 e. The number of rotatable bonds is 10. The largest absolute Gasteiger partial charge is 0.497 e. The van der Waals surface area contributed by atoms with Gasteiger partial charge in [-0.2, -0.15) is 0 Å². The Morgan fingerprint density at radius 2 is 1.59 bits per heavy atom. The predicted octanol–water partition coefficient (Wildman–Crippen LogP) is 2.26. The van der Waals surface area contributed by atoms with Gasteiger partial charge in [0.1, 0.15) is 5.75 Å². The standard InChI is InChI=1S/C19H20N4O6S3/c1-29-15-4-8-16(9-5-15)31(25,26)21-11-10-18(24)22-14-2-6-17(7-3-14)32(27,28)23-19-20-12-13-30-19/h2-9,12-13,21H,10-11H2,1H3,(H,20,23)(H,22,24). The van der Waals surface area contributed by atoms with Crippen LogP contribution in [0.4, 0.5) is 10.8 Å². The highest BCUT2D eigenvalue weighted by atomic mass is 32.2. The van der Waals surface area contributed by atoms with Crippen LogP contribution in [0.1, 0.15) is 6.42 Å². The van der Waals surface area contributed by atoms with Crippen LogP contribution in [-0.4, -0.2) is 41.4 Å². The Labute approximate surface area is 189 Å². The first kappa shape index (κ1) is 23.7. The molecule has 0 spiro atoms. The van der Waals surface area contributed by atoms with Gasteiger partial charge in [-0.15, -0.1) is 11.3 Å². The molecule has 1 aromatic heterocycles. The van der Waals surface area contributed by atoms with E-state index in [9.17, 15) is 21.6 Å². The van der Waals surface area contributed by atoms with Crippen LogP contribution in [0.3, 0.4) is 0 Å². The van der Waals surface area contributed by atoms with Crippen molar-refractivity contribution in [2.24, 2.45) is 0 Å². The van der Waals surface area contributed by atoms with Crippen LogP contribution in [-0.2, 0) is 24.8 Å². The van der Waals surface area contributed by atoms with Crippen LogP contribution in [0.15, 0.2) is 69.9 Å². The number of anilines is 2. The second kappa shape index (κ2) is 10.1. The highest BCUT2D eigenvalue weighted by Gasteiger charge is 2.16. The summed E-state index contributed by atoms with van der Waals surface area (Å²) in [7, 11) is -6.07. The fraction of sp³-hybridized carbons (Fsp3) is 0.158. The van der Waals surface area contributed by atoms with Crippen molar-refractivity contribution in [2.45, 2.75) is 16.2 Å². The average Bonchev–Trinajstić information content (AvgIpc) is 3.26. The van der Waals surface area contributed by atoms with E-state index in [0.29, 0.717) is 11.4 Å². The van der Waals surface area contributed by atoms with E-state index in [1.807, 2.05) is 0 Å². The zero-order valence-electron chi connectivity index (χ0n) is 16.8. The lowest BCUT2D eigenvalue weighted by Crippen LogP contribution is -2.27. The summed E-state index contributed by atoms with van der Waals surface area (Å²) in [5.74, 6) is 0.0973. The number of carbonyl (C=O) groups excluding carboxylic acids is 1. The number of benzene rings is 2. The monoisotopic (exact) mass is 496 g/mol. The first-order chi connectivity index (χ1) is 15.2. The normalized spacial score (nSPS) is 11.7. The predicted molar refractivity (Wildman–Crippen MR) is 121 cm³/mol. The van der Waals surface area contributed by atoms with Crippen LogP contribution < -0.4 is 19.5 Å². The maximum absolute atomic E-state index is 12.3. The molecule has 0 atom stereocenters. The van der Waals surface area contributed by atoms with Crippen molar-refractivity contribution >= 4 is 48.1 Å². The van der Waals surface area contributed by atoms with Crippen molar-refractivity contribution in [1.82, 2.24) is 9.71 Å². The van der Waals surface area contributed by atoms with Gasteiger partial charge in [-0.05, 0) is 48.5 Å². The van der Waals surface area contributed by atoms with E-state index in [4.69, 9.17) is 4.74 Å². The highest BCUT2D eigenvalue weighted by molar-refractivity contribution is 7.93. The first-order valence-electron chi connectivity index (χ1n) is 9.15. The number of thiazole rings is 1. The van der Waals surface area contributed by atoms with E-state index in [1.54, 1.807) is 5.38 Å². The molecule has 0 aliphatic rings. The lowest BCUT2D eigenvalue weighted by atomic mass is 10.3. The van der Waals surface area contributed by atoms with E-state index < -0.39 is 26.0 Å². The quantitative estimate of drug-likeness (QED) is 0.391. The molecule has 3 rings (SSSR count). The molecule has 1 amide bonds. The molecule has 13 heteroatoms. The van der Waals surface area contributed by atoms with Gasteiger partial charge in [0.05, 0.1) is 16.9 Å². The zero-order valence-corrected chi connectivity index (χ0v) is 19.3. The summed E-state index contributed by atoms with van der Waals surface area (Å²) in [5, 5.41) is 4.49. The maximum Gasteiger partial charge on any atom is 0.263 e. The summed E-state index contributed by atoms with van der Waals surface area (Å²) in [4.78, 5) is 16.1. The Morgan fingerprint density at radius 1 is 0.969 bits per heavy atom. The van der Waals surface area contributed by atoms with E-state index in [1.165, 1.54) is 61.8 Å². The molecule has 0 unspecified atom stereocenters. The second-order valence-electron chi connectivity index (χ2n) is 6.34. The van der Waals surface area contributed by atoms with Crippen molar-refractivity contribution in [3.63, 3.8) is 0 Å². The third-order valence-corrected chi connectivity index (χ3v) is 7.77. The fourth-order valence-corrected chi connectivity index (χ4v) is 5.35. The van der Waals surface area contributed by atoms with Gasteiger partial charge < -0.3 is 10.1 Å². The molecule has 0 aliphatic carbocycles. The number of sulfonamides is 2. The minimum absolute atomic E-state index is 0.0120. The number of hydrogen-bond donors (Lipinski definition) is 3. The van der Waals surface area contributed by atoms with Gasteiger partial charge in [-0.3, -0.25) is 9.52 Å². The number of amides is 1. The topological polar surface area (TPSA) is 144 Å². The van der Waals surface area contributed by atoms with Crippen LogP contribution in [0.25, 0.3) is 0 Å². The summed E-state index contributed by atoms with van der Waals surface area (Å²) in [6.45, 7) is -0.107. The SMILES string of the molecule is COc1ccc(S(=O)(=O)NCCC(=O)Nc2ccc(S(=O)(=O)Nc3nccs3)cc2)cc1. The Bertz CT molecular complexity index is 1260. The summed E-state index contributed by atoms with van der Waals surface area (Å²) in [6.07, 6.45) is 1.37. The molecule has 3 N–H and O–H groups in total. The molecule has 0 radical (unpaired) electrons. The van der Waals surface area contributed by atoms with Crippen LogP contribution in [0.2, 0.25) is 0 Å². The van der Waals surface area contributed by atoms with Crippen LogP contribution in [0.5, 0.6) is 5.75 Å². The zero-order chi connectivity index (χ0) is 23.2. The molecule has 2 aromatic carbocycles. The molecule has 170 valence electrons. The Kier molecular flexibility index (Phi) is 7.45. The Hall–Kier alpha value is -3.00. The van der Waals surface area contributed by atoms with E-state index in [2.05, 4.69) is 19.7 Å². The second-order valence-corrected chi connectivity index (χ2v) is 10.7. The number of nitrogens with zero attached hydrogens (tertiary/aromatic N) is 1. The van der Waals surface area contributed by atoms with Crippen molar-refractivity contribution in [3.8, 4) is 5.75 Å². The summed E-state index contributed by atoms with van der Waals surface area (Å²) >= 11 is 1.15. The summed E-state index contributed by atoms with van der Waals surface area (Å²) < 4.78 is 58.9. The van der Waals surface area contributed by atoms with Crippen molar-refractivity contribution in [1.29, 1.82) is 0 Å². The maximum atomic E-state index is 12.3. The van der Waals surface area contributed by atoms with Gasteiger partial charge in [0.2, 0.25) is 15.9 Å². The molecule has 0 aliphatic heterocycles. The molecular formula is C19H20N4O6S3. The number of carbonyl (C=O) groups is 1. The van der Waals surface area contributed by atoms with Crippen molar-refractivity contribution in [3.05, 3.63) is 60.1 Å². The molecule has 10 nitrogen and oxygen atoms in total. The Morgan fingerprint density at radius 3 is 2.19 bits per heavy atom. The van der Waals surface area contributed by atoms with Crippen LogP contribution in [0, 0.1) is 0 Å². The number of aromatic nitrogens is 1. The van der Waals surface area contributed by atoms with Crippen molar-refractivity contribution < 1.29 is 26.4 Å². The average molecular weight is 497 g/mol. The van der Waals surface area contributed by atoms with Crippen molar-refractivity contribution in [2.75, 3.05) is 23.7 Å². The number of hydrogen-bond acceptors (Lipinski definition) is 8. The molecular weight excluding hydrogens is 476 g/mol. The number of nitrogens with one attached hydrogen (secondary N) is 3. The van der Waals surface area contributed by atoms with Gasteiger partial charge in [-0.25, -0.2) is 26.5 Å². The molecule has 0 bridgehead atoms. The Balaban J connectivity index is 1.51. The van der Waals surface area contributed by atoms with Gasteiger partial charge in [0.25, 0.3) is 10.0 Å². The third kappa shape index (κ3) is 6.26. The first-order valence-corrected chi connectivity index (χ1v) is 13.0.